The Morgan fingerprint density at radius 3 is 2.26 bits per heavy atom. The first-order chi connectivity index (χ1) is 20.0. The molecule has 0 aliphatic carbocycles. The third kappa shape index (κ3) is 10.2. The van der Waals surface area contributed by atoms with E-state index in [0.717, 1.165) is 45.6 Å². The zero-order valence-electron chi connectivity index (χ0n) is 25.0. The molecule has 0 bridgehead atoms. The van der Waals surface area contributed by atoms with Gasteiger partial charge in [-0.25, -0.2) is 0 Å². The minimum absolute atomic E-state index is 0.0316. The number of carbonyl (C=O) groups excluding carboxylic acids is 2. The molecule has 3 aromatic carbocycles. The van der Waals surface area contributed by atoms with E-state index in [1.165, 1.54) is 22.9 Å². The van der Waals surface area contributed by atoms with Crippen LogP contribution in [0.2, 0.25) is 0 Å². The molecule has 1 aliphatic rings. The fraction of sp³-hybridized carbons (Fsp3) is 0.375. The number of halogens is 3. The highest BCUT2D eigenvalue weighted by Gasteiger charge is 2.29. The number of phenolic OH excluding ortho intramolecular Hbond substituents is 1. The second-order valence-corrected chi connectivity index (χ2v) is 12.6. The molecule has 0 unspecified atom stereocenters. The number of amides is 1. The minimum Gasteiger partial charge on any atom is -0.542 e. The summed E-state index contributed by atoms with van der Waals surface area (Å²) in [5.41, 5.74) is 5.31. The lowest BCUT2D eigenvalue weighted by Crippen LogP contribution is -2.37. The van der Waals surface area contributed by atoms with Gasteiger partial charge in [-0.3, -0.25) is 4.79 Å². The van der Waals surface area contributed by atoms with Crippen molar-refractivity contribution in [1.29, 1.82) is 0 Å². The van der Waals surface area contributed by atoms with E-state index in [0.29, 0.717) is 30.2 Å². The lowest BCUT2D eigenvalue weighted by atomic mass is 10.1. The molecule has 0 fully saturated rings. The van der Waals surface area contributed by atoms with Gasteiger partial charge in [-0.05, 0) is 91.4 Å². The van der Waals surface area contributed by atoms with Gasteiger partial charge in [0.1, 0.15) is 17.5 Å². The number of ether oxygens (including phenoxy) is 1. The van der Waals surface area contributed by atoms with Gasteiger partial charge >= 0.3 is 6.18 Å². The van der Waals surface area contributed by atoms with Crippen LogP contribution in [-0.2, 0) is 17.9 Å². The van der Waals surface area contributed by atoms with Crippen LogP contribution < -0.4 is 9.84 Å². The number of aromatic hydroxyl groups is 1. The van der Waals surface area contributed by atoms with E-state index < -0.39 is 12.1 Å². The number of unbranched alkanes of at least 4 members (excludes halogenated alkanes) is 1. The highest BCUT2D eigenvalue weighted by Crippen LogP contribution is 2.36. The van der Waals surface area contributed by atoms with E-state index in [9.17, 15) is 23.1 Å². The third-order valence-corrected chi connectivity index (χ3v) is 7.86. The molecule has 1 aliphatic heterocycles. The van der Waals surface area contributed by atoms with Gasteiger partial charge in [0.15, 0.2) is 0 Å². The Hall–Kier alpha value is -3.70. The molecule has 0 radical (unpaired) electrons. The van der Waals surface area contributed by atoms with Crippen LogP contribution in [0.1, 0.15) is 45.5 Å². The van der Waals surface area contributed by atoms with Gasteiger partial charge in [-0.1, -0.05) is 23.9 Å². The first-order valence-corrected chi connectivity index (χ1v) is 14.6. The van der Waals surface area contributed by atoms with Crippen LogP contribution in [0.5, 0.6) is 11.5 Å². The van der Waals surface area contributed by atoms with Crippen molar-refractivity contribution < 1.29 is 42.2 Å². The number of quaternary nitrogens is 1. The maximum absolute atomic E-state index is 13.3. The Balaban J connectivity index is 0.000000646. The van der Waals surface area contributed by atoms with E-state index >= 15 is 0 Å². The zero-order valence-corrected chi connectivity index (χ0v) is 25.8. The topological polar surface area (TPSA) is 89.9 Å². The number of carbonyl (C=O) groups is 2. The largest absolute Gasteiger partial charge is 0.542 e. The zero-order chi connectivity index (χ0) is 31.9. The number of alkyl halides is 3. The summed E-state index contributed by atoms with van der Waals surface area (Å²) in [7, 11) is 6.62. The standard InChI is InChI=1S/C30H36N2O3S.C2HF3O2/c1-21-8-12-27(16-22(21)2)36-29-18-23(10-13-28(29)33)30(34)31-19-24-9-11-26(17-25(24)20-31)35-15-7-6-14-32(3,4)5;3-2(4,5)1(6)7/h8-13,16-18H,6-7,14-15,19-20H2,1-5H3;(H,6,7). The van der Waals surface area contributed by atoms with Crippen molar-refractivity contribution in [2.75, 3.05) is 34.3 Å². The molecular formula is C32H37F3N2O5S. The van der Waals surface area contributed by atoms with Crippen LogP contribution in [0, 0.1) is 13.8 Å². The van der Waals surface area contributed by atoms with Crippen LogP contribution in [-0.4, -0.2) is 66.8 Å². The first-order valence-electron chi connectivity index (χ1n) is 13.7. The minimum atomic E-state index is -5.19. The number of hydrogen-bond donors (Lipinski definition) is 1. The summed E-state index contributed by atoms with van der Waals surface area (Å²) in [4.78, 5) is 25.7. The van der Waals surface area contributed by atoms with Crippen LogP contribution in [0.25, 0.3) is 0 Å². The van der Waals surface area contributed by atoms with E-state index in [-0.39, 0.29) is 11.7 Å². The SMILES string of the molecule is Cc1ccc(Sc2cc(C(=O)N3Cc4ccc(OCCCC[N+](C)(C)C)cc4C3)ccc2O)cc1C.O=C([O-])C(F)(F)F. The molecule has 1 amide bonds. The lowest BCUT2D eigenvalue weighted by Gasteiger charge is -2.23. The highest BCUT2D eigenvalue weighted by molar-refractivity contribution is 7.99. The van der Waals surface area contributed by atoms with Crippen molar-refractivity contribution in [2.24, 2.45) is 0 Å². The Kier molecular flexibility index (Phi) is 11.1. The number of fused-ring (bicyclic) bond motifs is 1. The maximum atomic E-state index is 13.3. The van der Waals surface area contributed by atoms with E-state index in [2.05, 4.69) is 59.3 Å². The molecule has 0 spiro atoms. The molecule has 7 nitrogen and oxygen atoms in total. The van der Waals surface area contributed by atoms with Crippen molar-refractivity contribution in [3.05, 3.63) is 82.4 Å². The summed E-state index contributed by atoms with van der Waals surface area (Å²) in [6.07, 6.45) is -3.03. The molecule has 1 heterocycles. The van der Waals surface area contributed by atoms with Crippen LogP contribution in [0.3, 0.4) is 0 Å². The lowest BCUT2D eigenvalue weighted by molar-refractivity contribution is -0.870. The molecule has 43 heavy (non-hydrogen) atoms. The quantitative estimate of drug-likeness (QED) is 0.253. The van der Waals surface area contributed by atoms with Gasteiger partial charge in [-0.15, -0.1) is 0 Å². The Morgan fingerprint density at radius 2 is 1.63 bits per heavy atom. The van der Waals surface area contributed by atoms with Crippen molar-refractivity contribution in [2.45, 2.75) is 55.7 Å². The second-order valence-electron chi connectivity index (χ2n) is 11.5. The Morgan fingerprint density at radius 1 is 0.953 bits per heavy atom. The van der Waals surface area contributed by atoms with E-state index in [4.69, 9.17) is 14.6 Å². The predicted octanol–water partition coefficient (Wildman–Crippen LogP) is 5.48. The number of carboxylic acid groups (broad SMARTS) is 1. The molecule has 0 aromatic heterocycles. The van der Waals surface area contributed by atoms with Gasteiger partial charge in [0.2, 0.25) is 0 Å². The van der Waals surface area contributed by atoms with Gasteiger partial charge in [-0.2, -0.15) is 13.2 Å². The molecule has 1 N–H and O–H groups in total. The molecule has 3 aromatic rings. The highest BCUT2D eigenvalue weighted by atomic mass is 32.2. The number of carboxylic acids is 1. The van der Waals surface area contributed by atoms with E-state index in [1.807, 2.05) is 17.0 Å². The summed E-state index contributed by atoms with van der Waals surface area (Å²) < 4.78 is 38.5. The molecular weight excluding hydrogens is 581 g/mol. The summed E-state index contributed by atoms with van der Waals surface area (Å²) in [5.74, 6) is -1.99. The van der Waals surface area contributed by atoms with Crippen molar-refractivity contribution in [1.82, 2.24) is 4.90 Å². The Bertz CT molecular complexity index is 1450. The fourth-order valence-corrected chi connectivity index (χ4v) is 5.28. The molecule has 11 heteroatoms. The van der Waals surface area contributed by atoms with Crippen LogP contribution in [0.15, 0.2) is 64.4 Å². The smallest absolute Gasteiger partial charge is 0.430 e. The number of benzene rings is 3. The number of aryl methyl sites for hydroxylation is 2. The van der Waals surface area contributed by atoms with Crippen molar-refractivity contribution in [3.8, 4) is 11.5 Å². The average molecular weight is 619 g/mol. The normalized spacial score (nSPS) is 12.8. The summed E-state index contributed by atoms with van der Waals surface area (Å²) in [6, 6.07) is 17.5. The van der Waals surface area contributed by atoms with Crippen LogP contribution in [0.4, 0.5) is 13.2 Å². The fourth-order valence-electron chi connectivity index (χ4n) is 4.30. The summed E-state index contributed by atoms with van der Waals surface area (Å²) in [5, 5.41) is 19.2. The first kappa shape index (κ1) is 33.8. The van der Waals surface area contributed by atoms with Gasteiger partial charge in [0, 0.05) is 23.5 Å². The van der Waals surface area contributed by atoms with Gasteiger partial charge in [0.25, 0.3) is 5.91 Å². The van der Waals surface area contributed by atoms with Gasteiger partial charge in [0.05, 0.1) is 39.2 Å². The number of aliphatic carboxylic acids is 1. The van der Waals surface area contributed by atoms with E-state index in [1.54, 1.807) is 18.2 Å². The number of phenols is 1. The summed E-state index contributed by atoms with van der Waals surface area (Å²) >= 11 is 1.47. The maximum Gasteiger partial charge on any atom is 0.430 e. The second kappa shape index (κ2) is 14.2. The number of nitrogens with zero attached hydrogens (tertiary/aromatic N) is 2. The molecule has 0 saturated heterocycles. The molecule has 0 saturated carbocycles. The average Bonchev–Trinajstić information content (AvgIpc) is 3.34. The van der Waals surface area contributed by atoms with Gasteiger partial charge < -0.3 is 29.1 Å². The van der Waals surface area contributed by atoms with Crippen molar-refractivity contribution in [3.63, 3.8) is 0 Å². The third-order valence-electron chi connectivity index (χ3n) is 6.82. The number of rotatable bonds is 9. The number of hydrogen-bond acceptors (Lipinski definition) is 6. The predicted molar refractivity (Wildman–Crippen MR) is 157 cm³/mol. The van der Waals surface area contributed by atoms with Crippen molar-refractivity contribution >= 4 is 23.6 Å². The molecule has 232 valence electrons. The molecule has 0 atom stereocenters. The monoisotopic (exact) mass is 618 g/mol. The van der Waals surface area contributed by atoms with Crippen LogP contribution >= 0.6 is 11.8 Å². The summed E-state index contributed by atoms with van der Waals surface area (Å²) in [6.45, 7) is 7.14. The Labute approximate surface area is 254 Å². The molecule has 4 rings (SSSR count).